The van der Waals surface area contributed by atoms with E-state index in [1.165, 1.54) is 35.9 Å². The number of anilines is 1. The van der Waals surface area contributed by atoms with Gasteiger partial charge >= 0.3 is 13.7 Å². The highest BCUT2D eigenvalue weighted by Crippen LogP contribution is 2.48. The molecule has 5 rings (SSSR count). The van der Waals surface area contributed by atoms with Crippen LogP contribution in [-0.4, -0.2) is 84.3 Å². The van der Waals surface area contributed by atoms with Gasteiger partial charge in [-0.1, -0.05) is 24.6 Å². The molecule has 0 spiro atoms. The zero-order valence-corrected chi connectivity index (χ0v) is 26.3. The number of hydrogen-bond donors (Lipinski definition) is 4. The predicted molar refractivity (Wildman–Crippen MR) is 164 cm³/mol. The van der Waals surface area contributed by atoms with E-state index in [1.54, 1.807) is 30.3 Å². The summed E-state index contributed by atoms with van der Waals surface area (Å²) in [7, 11) is -4.31. The Kier molecular flexibility index (Phi) is 10.8. The van der Waals surface area contributed by atoms with Crippen LogP contribution in [0.5, 0.6) is 5.75 Å². The van der Waals surface area contributed by atoms with E-state index in [-0.39, 0.29) is 17.7 Å². The number of rotatable bonds is 13. The summed E-state index contributed by atoms with van der Waals surface area (Å²) in [6.07, 6.45) is 3.13. The number of aliphatic hydroxyl groups excluding tert-OH is 2. The van der Waals surface area contributed by atoms with Gasteiger partial charge in [-0.2, -0.15) is 16.8 Å². The third-order valence-corrected chi connectivity index (χ3v) is 10.1. The standard InChI is InChI=1S/C28H39N6O8PS/c1-17(24-22(35)23(36)27(40-24)34-16-32-21-25(29)30-15-31-26(21)34)41-43(38,42-19-11-7-4-8-12-19)33-20(13-14-44-2)28(37)39-18-9-5-3-6-10-18/h4,7-8,11-12,15-18,20,22-24,27,35-36H,3,5-6,9-10,13-14H2,1-2H3,(H,33,38)(H2,29,30,31)/t17-,20-,22-,23+,24+,27+,43?/m0/s1. The molecule has 14 nitrogen and oxygen atoms in total. The number of benzene rings is 1. The van der Waals surface area contributed by atoms with Crippen molar-refractivity contribution in [3.05, 3.63) is 43.0 Å². The van der Waals surface area contributed by atoms with Gasteiger partial charge in [0.25, 0.3) is 0 Å². The van der Waals surface area contributed by atoms with Gasteiger partial charge in [-0.05, 0) is 63.2 Å². The maximum absolute atomic E-state index is 14.4. The van der Waals surface area contributed by atoms with Crippen molar-refractivity contribution >= 4 is 42.5 Å². The summed E-state index contributed by atoms with van der Waals surface area (Å²) in [5, 5.41) is 24.8. The molecule has 1 aromatic carbocycles. The number of fused-ring (bicyclic) bond motifs is 1. The minimum absolute atomic E-state index is 0.151. The summed E-state index contributed by atoms with van der Waals surface area (Å²) < 4.78 is 39.6. The van der Waals surface area contributed by atoms with Gasteiger partial charge in [-0.3, -0.25) is 13.9 Å². The first-order chi connectivity index (χ1) is 21.2. The Morgan fingerprint density at radius 1 is 1.18 bits per heavy atom. The zero-order valence-electron chi connectivity index (χ0n) is 24.6. The normalized spacial score (nSPS) is 25.4. The third-order valence-electron chi connectivity index (χ3n) is 7.72. The molecule has 0 amide bonds. The monoisotopic (exact) mass is 650 g/mol. The number of para-hydroxylation sites is 1. The first-order valence-electron chi connectivity index (χ1n) is 14.6. The highest BCUT2D eigenvalue weighted by Gasteiger charge is 2.49. The second kappa shape index (κ2) is 14.5. The van der Waals surface area contributed by atoms with Crippen LogP contribution in [-0.2, 0) is 23.4 Å². The van der Waals surface area contributed by atoms with Crippen molar-refractivity contribution in [1.82, 2.24) is 24.6 Å². The second-order valence-electron chi connectivity index (χ2n) is 10.9. The van der Waals surface area contributed by atoms with Gasteiger partial charge in [0.15, 0.2) is 17.7 Å². The lowest BCUT2D eigenvalue weighted by Gasteiger charge is -2.30. The smallest absolute Gasteiger partial charge is 0.459 e. The van der Waals surface area contributed by atoms with E-state index in [0.717, 1.165) is 32.1 Å². The lowest BCUT2D eigenvalue weighted by atomic mass is 9.98. The Hall–Kier alpha value is -2.78. The Morgan fingerprint density at radius 2 is 1.93 bits per heavy atom. The first-order valence-corrected chi connectivity index (χ1v) is 17.6. The van der Waals surface area contributed by atoms with E-state index >= 15 is 0 Å². The Labute approximate surface area is 259 Å². The van der Waals surface area contributed by atoms with Crippen molar-refractivity contribution in [1.29, 1.82) is 0 Å². The third kappa shape index (κ3) is 7.53. The number of aliphatic hydroxyl groups is 2. The largest absolute Gasteiger partial charge is 0.461 e. The molecule has 2 aromatic heterocycles. The second-order valence-corrected chi connectivity index (χ2v) is 13.6. The van der Waals surface area contributed by atoms with E-state index in [0.29, 0.717) is 23.3 Å². The number of nitrogen functional groups attached to an aromatic ring is 1. The molecule has 1 saturated carbocycles. The SMILES string of the molecule is CSCC[C@H](NP(=O)(Oc1ccccc1)O[C@@H](C)[C@H]1O[C@@H](n2cnc3c(N)ncnc32)[C@H](O)[C@@H]1O)C(=O)OC1CCCCC1. The molecule has 16 heteroatoms. The summed E-state index contributed by atoms with van der Waals surface area (Å²) in [6.45, 7) is 1.54. The predicted octanol–water partition coefficient (Wildman–Crippen LogP) is 3.21. The summed E-state index contributed by atoms with van der Waals surface area (Å²) in [5.74, 6) is 0.453. The summed E-state index contributed by atoms with van der Waals surface area (Å²) in [4.78, 5) is 25.6. The van der Waals surface area contributed by atoms with Crippen LogP contribution in [0.15, 0.2) is 43.0 Å². The Balaban J connectivity index is 1.36. The number of thioether (sulfide) groups is 1. The molecule has 44 heavy (non-hydrogen) atoms. The van der Waals surface area contributed by atoms with Gasteiger partial charge < -0.3 is 29.9 Å². The van der Waals surface area contributed by atoms with E-state index in [1.807, 2.05) is 6.26 Å². The average Bonchev–Trinajstić information content (AvgIpc) is 3.57. The fourth-order valence-electron chi connectivity index (χ4n) is 5.43. The van der Waals surface area contributed by atoms with Crippen molar-refractivity contribution in [3.8, 4) is 5.75 Å². The molecule has 1 unspecified atom stereocenters. The fraction of sp³-hybridized carbons (Fsp3) is 0.571. The van der Waals surface area contributed by atoms with Crippen molar-refractivity contribution < 1.29 is 38.1 Å². The average molecular weight is 651 g/mol. The van der Waals surface area contributed by atoms with Crippen molar-refractivity contribution in [2.24, 2.45) is 0 Å². The number of imidazole rings is 1. The van der Waals surface area contributed by atoms with Crippen molar-refractivity contribution in [3.63, 3.8) is 0 Å². The maximum atomic E-state index is 14.4. The van der Waals surface area contributed by atoms with Gasteiger partial charge in [0, 0.05) is 0 Å². The summed E-state index contributed by atoms with van der Waals surface area (Å²) in [5.41, 5.74) is 6.51. The van der Waals surface area contributed by atoms with Crippen LogP contribution in [0.1, 0.15) is 51.7 Å². The van der Waals surface area contributed by atoms with Gasteiger partial charge in [-0.25, -0.2) is 19.5 Å². The van der Waals surface area contributed by atoms with E-state index in [4.69, 9.17) is 24.3 Å². The molecule has 1 aliphatic heterocycles. The fourth-order valence-corrected chi connectivity index (χ4v) is 7.63. The van der Waals surface area contributed by atoms with Crippen LogP contribution in [0, 0.1) is 0 Å². The molecule has 0 radical (unpaired) electrons. The number of carbonyl (C=O) groups is 1. The minimum Gasteiger partial charge on any atom is -0.461 e. The number of aromatic nitrogens is 4. The molecule has 1 aliphatic carbocycles. The lowest BCUT2D eigenvalue weighted by Crippen LogP contribution is -2.43. The molecule has 240 valence electrons. The molecule has 3 aromatic rings. The Bertz CT molecular complexity index is 1440. The van der Waals surface area contributed by atoms with Crippen molar-refractivity contribution in [2.75, 3.05) is 17.7 Å². The molecule has 0 bridgehead atoms. The minimum atomic E-state index is -4.31. The molecular formula is C28H39N6O8PS. The number of ether oxygens (including phenoxy) is 2. The zero-order chi connectivity index (χ0) is 31.3. The van der Waals surface area contributed by atoms with E-state index in [2.05, 4.69) is 20.0 Å². The number of esters is 1. The van der Waals surface area contributed by atoms with Crippen LogP contribution in [0.3, 0.4) is 0 Å². The number of nitrogens with two attached hydrogens (primary N) is 1. The van der Waals surface area contributed by atoms with E-state index < -0.39 is 50.4 Å². The molecule has 2 fully saturated rings. The van der Waals surface area contributed by atoms with Crippen molar-refractivity contribution in [2.45, 2.75) is 88.2 Å². The van der Waals surface area contributed by atoms with Crippen LogP contribution in [0.25, 0.3) is 11.2 Å². The first kappa shape index (κ1) is 32.6. The number of carbonyl (C=O) groups excluding carboxylic acids is 1. The van der Waals surface area contributed by atoms with Crippen LogP contribution >= 0.6 is 19.5 Å². The topological polar surface area (TPSA) is 193 Å². The van der Waals surface area contributed by atoms with Crippen LogP contribution in [0.2, 0.25) is 0 Å². The molecule has 2 aliphatic rings. The molecule has 7 atom stereocenters. The molecule has 3 heterocycles. The highest BCUT2D eigenvalue weighted by atomic mass is 32.2. The Morgan fingerprint density at radius 3 is 2.66 bits per heavy atom. The lowest BCUT2D eigenvalue weighted by molar-refractivity contribution is -0.152. The van der Waals surface area contributed by atoms with Gasteiger partial charge in [-0.15, -0.1) is 0 Å². The van der Waals surface area contributed by atoms with Gasteiger partial charge in [0.1, 0.15) is 48.1 Å². The number of nitrogens with zero attached hydrogens (tertiary/aromatic N) is 4. The van der Waals surface area contributed by atoms with Gasteiger partial charge in [0.2, 0.25) is 0 Å². The number of hydrogen-bond acceptors (Lipinski definition) is 13. The maximum Gasteiger partial charge on any atom is 0.459 e. The molecular weight excluding hydrogens is 611 g/mol. The van der Waals surface area contributed by atoms with E-state index in [9.17, 15) is 19.6 Å². The number of nitrogens with one attached hydrogen (secondary N) is 1. The quantitative estimate of drug-likeness (QED) is 0.156. The van der Waals surface area contributed by atoms with Crippen LogP contribution in [0.4, 0.5) is 5.82 Å². The summed E-state index contributed by atoms with van der Waals surface area (Å²) >= 11 is 1.53. The highest BCUT2D eigenvalue weighted by molar-refractivity contribution is 7.98. The molecule has 1 saturated heterocycles. The van der Waals surface area contributed by atoms with Crippen LogP contribution < -0.4 is 15.3 Å². The van der Waals surface area contributed by atoms with Gasteiger partial charge in [0.05, 0.1) is 12.4 Å². The molecule has 5 N–H and O–H groups in total. The summed E-state index contributed by atoms with van der Waals surface area (Å²) in [6, 6.07) is 7.43.